The summed E-state index contributed by atoms with van der Waals surface area (Å²) in [4.78, 5) is 25.4. The zero-order valence-electron chi connectivity index (χ0n) is 14.9. The zero-order valence-corrected chi connectivity index (χ0v) is 15.8. The fourth-order valence-corrected chi connectivity index (χ4v) is 3.43. The van der Waals surface area contributed by atoms with Crippen LogP contribution in [-0.4, -0.2) is 53.3 Å². The minimum Gasteiger partial charge on any atom is -0.387 e. The minimum atomic E-state index is -1.30. The first-order chi connectivity index (χ1) is 12.5. The third kappa shape index (κ3) is 5.01. The molecule has 4 atom stereocenters. The van der Waals surface area contributed by atoms with Crippen LogP contribution in [0.5, 0.6) is 0 Å². The van der Waals surface area contributed by atoms with Gasteiger partial charge in [0.1, 0.15) is 12.2 Å². The molecule has 1 aromatic heterocycles. The highest BCUT2D eigenvalue weighted by Crippen LogP contribution is 2.37. The van der Waals surface area contributed by atoms with Gasteiger partial charge in [0.15, 0.2) is 6.23 Å². The van der Waals surface area contributed by atoms with E-state index in [9.17, 15) is 14.7 Å². The molecule has 144 valence electrons. The number of rotatable bonds is 7. The molecule has 0 aromatic carbocycles. The molecule has 1 fully saturated rings. The minimum absolute atomic E-state index is 0.217. The Morgan fingerprint density at radius 2 is 2.04 bits per heavy atom. The van der Waals surface area contributed by atoms with Crippen LogP contribution >= 0.6 is 8.38 Å². The monoisotopic (exact) mass is 386 g/mol. The molecule has 10 heteroatoms. The first-order valence-electron chi connectivity index (χ1n) is 8.24. The fourth-order valence-electron chi connectivity index (χ4n) is 2.54. The molecule has 1 aromatic rings. The number of ether oxygens (including phenoxy) is 2. The lowest BCUT2D eigenvalue weighted by Gasteiger charge is -2.19. The Hall–Kier alpha value is -1.53. The summed E-state index contributed by atoms with van der Waals surface area (Å²) < 4.78 is 23.0. The van der Waals surface area contributed by atoms with Gasteiger partial charge in [-0.3, -0.25) is 14.3 Å². The van der Waals surface area contributed by atoms with Crippen molar-refractivity contribution in [2.45, 2.75) is 44.8 Å². The summed E-state index contributed by atoms with van der Waals surface area (Å²) in [5, 5.41) is 10.4. The summed E-state index contributed by atoms with van der Waals surface area (Å²) in [6.45, 7) is 4.70. The Bertz CT molecular complexity index is 747. The summed E-state index contributed by atoms with van der Waals surface area (Å²) in [6.07, 6.45) is -1.76. The summed E-state index contributed by atoms with van der Waals surface area (Å²) in [5.74, 6) is 2.91. The molecule has 0 spiro atoms. The maximum Gasteiger partial charge on any atom is 0.330 e. The van der Waals surface area contributed by atoms with Crippen molar-refractivity contribution in [3.05, 3.63) is 33.1 Å². The fraction of sp³-hybridized carbons (Fsp3) is 0.625. The molecule has 0 saturated carbocycles. The van der Waals surface area contributed by atoms with Crippen molar-refractivity contribution >= 4 is 8.38 Å². The molecule has 0 radical (unpaired) electrons. The number of nitrogens with one attached hydrogen (secondary N) is 1. The molecule has 1 aliphatic heterocycles. The first kappa shape index (κ1) is 20.8. The van der Waals surface area contributed by atoms with Gasteiger partial charge in [-0.15, -0.1) is 0 Å². The van der Waals surface area contributed by atoms with E-state index in [4.69, 9.17) is 18.5 Å². The average Bonchev–Trinajstić information content (AvgIpc) is 2.91. The number of methoxy groups -OCH3 is 1. The van der Waals surface area contributed by atoms with E-state index in [1.165, 1.54) is 23.9 Å². The van der Waals surface area contributed by atoms with E-state index < -0.39 is 44.2 Å². The van der Waals surface area contributed by atoms with Crippen LogP contribution in [-0.2, 0) is 18.5 Å². The number of H-pyrrole nitrogens is 1. The SMILES string of the molecule is CCOP(C#CCC1OC(n2ccc(=O)[nH]c2=O)C(OC)C1O)OCC. The highest BCUT2D eigenvalue weighted by molar-refractivity contribution is 7.52. The van der Waals surface area contributed by atoms with Gasteiger partial charge in [-0.25, -0.2) is 4.79 Å². The summed E-state index contributed by atoms with van der Waals surface area (Å²) in [6, 6.07) is 1.20. The van der Waals surface area contributed by atoms with E-state index in [1.807, 2.05) is 13.8 Å². The molecule has 0 aliphatic carbocycles. The van der Waals surface area contributed by atoms with Crippen LogP contribution in [0, 0.1) is 11.6 Å². The van der Waals surface area contributed by atoms with Gasteiger partial charge >= 0.3 is 5.69 Å². The molecule has 1 aliphatic rings. The quantitative estimate of drug-likeness (QED) is 0.520. The van der Waals surface area contributed by atoms with E-state index in [-0.39, 0.29) is 6.42 Å². The van der Waals surface area contributed by atoms with Crippen molar-refractivity contribution in [1.29, 1.82) is 0 Å². The first-order valence-corrected chi connectivity index (χ1v) is 9.41. The van der Waals surface area contributed by atoms with Gasteiger partial charge < -0.3 is 23.6 Å². The predicted molar refractivity (Wildman–Crippen MR) is 94.6 cm³/mol. The molecule has 1 saturated heterocycles. The second-order valence-corrected chi connectivity index (χ2v) is 6.61. The van der Waals surface area contributed by atoms with Crippen LogP contribution in [0.25, 0.3) is 0 Å². The van der Waals surface area contributed by atoms with Crippen molar-refractivity contribution in [1.82, 2.24) is 9.55 Å². The number of hydrogen-bond donors (Lipinski definition) is 2. The van der Waals surface area contributed by atoms with Crippen molar-refractivity contribution < 1.29 is 23.6 Å². The van der Waals surface area contributed by atoms with Crippen LogP contribution in [0.15, 0.2) is 21.9 Å². The molecular formula is C16H23N2O7P. The number of aliphatic hydroxyl groups excluding tert-OH is 1. The molecule has 26 heavy (non-hydrogen) atoms. The summed E-state index contributed by atoms with van der Waals surface area (Å²) in [5.41, 5.74) is 1.75. The third-order valence-corrected chi connectivity index (χ3v) is 5.00. The molecule has 2 rings (SSSR count). The van der Waals surface area contributed by atoms with E-state index in [0.29, 0.717) is 13.2 Å². The Balaban J connectivity index is 2.12. The Morgan fingerprint density at radius 3 is 2.62 bits per heavy atom. The standard InChI is InChI=1S/C16H23N2O7P/c1-4-23-26(24-5-2)10-6-7-11-13(20)14(22-3)15(25-11)18-9-8-12(19)17-16(18)21/h8-9,11,13-15,20H,4-5,7H2,1-3H3,(H,17,19,21). The smallest absolute Gasteiger partial charge is 0.330 e. The third-order valence-electron chi connectivity index (χ3n) is 3.68. The average molecular weight is 386 g/mol. The van der Waals surface area contributed by atoms with Crippen LogP contribution in [0.3, 0.4) is 0 Å². The predicted octanol–water partition coefficient (Wildman–Crippen LogP) is 0.546. The van der Waals surface area contributed by atoms with E-state index in [1.54, 1.807) is 0 Å². The van der Waals surface area contributed by atoms with Crippen LogP contribution in [0.1, 0.15) is 26.5 Å². The molecule has 2 N–H and O–H groups in total. The van der Waals surface area contributed by atoms with E-state index in [0.717, 1.165) is 0 Å². The Labute approximate surface area is 152 Å². The normalized spacial score (nSPS) is 25.3. The van der Waals surface area contributed by atoms with Gasteiger partial charge in [0.25, 0.3) is 13.9 Å². The lowest BCUT2D eigenvalue weighted by molar-refractivity contribution is -0.0531. The van der Waals surface area contributed by atoms with Gasteiger partial charge in [0.2, 0.25) is 0 Å². The van der Waals surface area contributed by atoms with Crippen LogP contribution in [0.2, 0.25) is 0 Å². The second kappa shape index (κ2) is 9.97. The van der Waals surface area contributed by atoms with Crippen molar-refractivity contribution in [3.63, 3.8) is 0 Å². The number of aliphatic hydroxyl groups is 1. The number of aromatic nitrogens is 2. The number of aromatic amines is 1. The van der Waals surface area contributed by atoms with E-state index >= 15 is 0 Å². The maximum atomic E-state index is 12.0. The Kier molecular flexibility index (Phi) is 7.97. The highest BCUT2D eigenvalue weighted by atomic mass is 31.2. The molecule has 0 bridgehead atoms. The lowest BCUT2D eigenvalue weighted by atomic mass is 10.1. The molecule has 9 nitrogen and oxygen atoms in total. The van der Waals surface area contributed by atoms with Gasteiger partial charge in [-0.1, -0.05) is 5.92 Å². The van der Waals surface area contributed by atoms with Gasteiger partial charge in [-0.2, -0.15) is 0 Å². The topological polar surface area (TPSA) is 112 Å². The number of nitrogens with zero attached hydrogens (tertiary/aromatic N) is 1. The summed E-state index contributed by atoms with van der Waals surface area (Å²) in [7, 11) is 0.117. The van der Waals surface area contributed by atoms with Gasteiger partial charge in [0.05, 0.1) is 19.3 Å². The van der Waals surface area contributed by atoms with Crippen molar-refractivity contribution in [2.75, 3.05) is 20.3 Å². The molecule has 4 unspecified atom stereocenters. The maximum absolute atomic E-state index is 12.0. The lowest BCUT2D eigenvalue weighted by Crippen LogP contribution is -2.38. The second-order valence-electron chi connectivity index (χ2n) is 5.36. The molecular weight excluding hydrogens is 363 g/mol. The Morgan fingerprint density at radius 1 is 1.35 bits per heavy atom. The van der Waals surface area contributed by atoms with Gasteiger partial charge in [-0.05, 0) is 19.5 Å². The van der Waals surface area contributed by atoms with E-state index in [2.05, 4.69) is 16.6 Å². The van der Waals surface area contributed by atoms with Crippen molar-refractivity contribution in [2.24, 2.45) is 0 Å². The number of hydrogen-bond acceptors (Lipinski definition) is 7. The van der Waals surface area contributed by atoms with Crippen molar-refractivity contribution in [3.8, 4) is 11.6 Å². The molecule has 2 heterocycles. The zero-order chi connectivity index (χ0) is 19.1. The van der Waals surface area contributed by atoms with Crippen LogP contribution < -0.4 is 11.2 Å². The highest BCUT2D eigenvalue weighted by Gasteiger charge is 2.45. The van der Waals surface area contributed by atoms with Gasteiger partial charge in [0, 0.05) is 25.8 Å². The van der Waals surface area contributed by atoms with Crippen LogP contribution in [0.4, 0.5) is 0 Å². The summed E-state index contributed by atoms with van der Waals surface area (Å²) >= 11 is 0. The molecule has 0 amide bonds. The largest absolute Gasteiger partial charge is 0.387 e.